The molecule has 0 unspecified atom stereocenters. The van der Waals surface area contributed by atoms with E-state index >= 15 is 0 Å². The summed E-state index contributed by atoms with van der Waals surface area (Å²) in [6.45, 7) is 9.14. The monoisotopic (exact) mass is 276 g/mol. The van der Waals surface area contributed by atoms with Crippen molar-refractivity contribution in [3.05, 3.63) is 0 Å². The molecule has 6 heteroatoms. The quantitative estimate of drug-likeness (QED) is 0.776. The maximum absolute atomic E-state index is 10.5. The highest BCUT2D eigenvalue weighted by Crippen LogP contribution is 2.40. The van der Waals surface area contributed by atoms with Crippen molar-refractivity contribution in [1.29, 1.82) is 0 Å². The predicted molar refractivity (Wildman–Crippen MR) is 66.4 cm³/mol. The third-order valence-electron chi connectivity index (χ3n) is 3.54. The van der Waals surface area contributed by atoms with Crippen LogP contribution in [0.5, 0.6) is 0 Å². The van der Waals surface area contributed by atoms with E-state index in [-0.39, 0.29) is 6.10 Å². The van der Waals surface area contributed by atoms with E-state index in [4.69, 9.17) is 23.7 Å². The Morgan fingerprint density at radius 1 is 1.21 bits per heavy atom. The highest BCUT2D eigenvalue weighted by molar-refractivity contribution is 4.97. The van der Waals surface area contributed by atoms with E-state index < -0.39 is 29.6 Å². The van der Waals surface area contributed by atoms with Gasteiger partial charge >= 0.3 is 0 Å². The van der Waals surface area contributed by atoms with E-state index in [1.54, 1.807) is 27.9 Å². The molecule has 0 aromatic heterocycles. The molecular formula is C13H24O6. The van der Waals surface area contributed by atoms with Crippen LogP contribution in [0.25, 0.3) is 0 Å². The second-order valence-electron chi connectivity index (χ2n) is 6.12. The van der Waals surface area contributed by atoms with Crippen molar-refractivity contribution in [3.8, 4) is 0 Å². The molecule has 0 bridgehead atoms. The Morgan fingerprint density at radius 2 is 1.84 bits per heavy atom. The molecule has 1 N–H and O–H groups in total. The standard InChI is InChI=1S/C13H24O6/c1-11(2,15-6)19-13(5)10(14)9-8(7-16-13)17-12(3,4)18-9/h8-10,14H,7H2,1-6H3/t8-,9-,10+,13+/m1/s1. The Hall–Kier alpha value is -0.240. The van der Waals surface area contributed by atoms with Crippen molar-refractivity contribution in [2.45, 2.75) is 70.3 Å². The van der Waals surface area contributed by atoms with Crippen LogP contribution in [0.15, 0.2) is 0 Å². The topological polar surface area (TPSA) is 66.4 Å². The summed E-state index contributed by atoms with van der Waals surface area (Å²) in [7, 11) is 1.54. The molecule has 2 fully saturated rings. The predicted octanol–water partition coefficient (Wildman–Crippen LogP) is 1.01. The number of ether oxygens (including phenoxy) is 5. The first-order valence-corrected chi connectivity index (χ1v) is 6.51. The fourth-order valence-electron chi connectivity index (χ4n) is 2.51. The van der Waals surface area contributed by atoms with Gasteiger partial charge in [0, 0.05) is 7.11 Å². The number of aliphatic hydroxyl groups excluding tert-OH is 1. The number of hydrogen-bond acceptors (Lipinski definition) is 6. The van der Waals surface area contributed by atoms with Gasteiger partial charge in [0.15, 0.2) is 17.4 Å². The van der Waals surface area contributed by atoms with Crippen LogP contribution in [0.2, 0.25) is 0 Å². The maximum atomic E-state index is 10.5. The Balaban J connectivity index is 2.13. The lowest BCUT2D eigenvalue weighted by Crippen LogP contribution is -2.61. The molecule has 0 amide bonds. The van der Waals surface area contributed by atoms with Crippen molar-refractivity contribution in [2.24, 2.45) is 0 Å². The van der Waals surface area contributed by atoms with Crippen molar-refractivity contribution < 1.29 is 28.8 Å². The van der Waals surface area contributed by atoms with Gasteiger partial charge in [0.1, 0.15) is 18.3 Å². The van der Waals surface area contributed by atoms with E-state index in [9.17, 15) is 5.11 Å². The van der Waals surface area contributed by atoms with Crippen molar-refractivity contribution in [1.82, 2.24) is 0 Å². The van der Waals surface area contributed by atoms with Crippen LogP contribution in [0.4, 0.5) is 0 Å². The molecule has 2 aliphatic heterocycles. The van der Waals surface area contributed by atoms with Gasteiger partial charge in [0.25, 0.3) is 0 Å². The molecule has 2 saturated heterocycles. The highest BCUT2D eigenvalue weighted by atomic mass is 16.8. The minimum Gasteiger partial charge on any atom is -0.385 e. The molecule has 0 aromatic carbocycles. The van der Waals surface area contributed by atoms with Gasteiger partial charge in [-0.1, -0.05) is 0 Å². The molecule has 0 aliphatic carbocycles. The summed E-state index contributed by atoms with van der Waals surface area (Å²) in [6.07, 6.45) is -1.71. The van der Waals surface area contributed by atoms with E-state index in [2.05, 4.69) is 0 Å². The molecule has 112 valence electrons. The van der Waals surface area contributed by atoms with Crippen LogP contribution in [0, 0.1) is 0 Å². The van der Waals surface area contributed by atoms with Crippen molar-refractivity contribution >= 4 is 0 Å². The summed E-state index contributed by atoms with van der Waals surface area (Å²) < 4.78 is 28.1. The Bertz CT molecular complexity index is 342. The molecule has 0 saturated carbocycles. The van der Waals surface area contributed by atoms with Crippen LogP contribution < -0.4 is 0 Å². The fraction of sp³-hybridized carbons (Fsp3) is 1.00. The van der Waals surface area contributed by atoms with E-state index in [0.29, 0.717) is 6.61 Å². The SMILES string of the molecule is COC(C)(C)O[C@]1(C)OC[C@H]2OC(C)(C)O[C@H]2[C@@H]1O. The summed E-state index contributed by atoms with van der Waals surface area (Å²) in [5, 5.41) is 10.5. The molecule has 0 radical (unpaired) electrons. The molecule has 0 spiro atoms. The zero-order chi connectivity index (χ0) is 14.5. The average molecular weight is 276 g/mol. The first kappa shape index (κ1) is 15.2. The number of aliphatic hydroxyl groups is 1. The Labute approximate surface area is 113 Å². The third-order valence-corrected chi connectivity index (χ3v) is 3.54. The van der Waals surface area contributed by atoms with Crippen molar-refractivity contribution in [3.63, 3.8) is 0 Å². The van der Waals surface area contributed by atoms with Crippen LogP contribution >= 0.6 is 0 Å². The lowest BCUT2D eigenvalue weighted by molar-refractivity contribution is -0.384. The molecule has 2 rings (SSSR count). The Kier molecular flexibility index (Phi) is 3.71. The largest absolute Gasteiger partial charge is 0.385 e. The highest BCUT2D eigenvalue weighted by Gasteiger charge is 2.57. The first-order valence-electron chi connectivity index (χ1n) is 6.51. The van der Waals surface area contributed by atoms with Gasteiger partial charge in [-0.15, -0.1) is 0 Å². The molecular weight excluding hydrogens is 252 g/mol. The van der Waals surface area contributed by atoms with E-state index in [1.807, 2.05) is 13.8 Å². The summed E-state index contributed by atoms with van der Waals surface area (Å²) in [4.78, 5) is 0. The second-order valence-corrected chi connectivity index (χ2v) is 6.12. The molecule has 2 aliphatic rings. The van der Waals surface area contributed by atoms with Gasteiger partial charge in [-0.25, -0.2) is 0 Å². The maximum Gasteiger partial charge on any atom is 0.197 e. The van der Waals surface area contributed by atoms with Gasteiger partial charge in [-0.2, -0.15) is 0 Å². The minimum atomic E-state index is -1.19. The molecule has 6 nitrogen and oxygen atoms in total. The van der Waals surface area contributed by atoms with Gasteiger partial charge in [0.2, 0.25) is 0 Å². The van der Waals surface area contributed by atoms with Crippen LogP contribution in [0.3, 0.4) is 0 Å². The zero-order valence-corrected chi connectivity index (χ0v) is 12.4. The first-order chi connectivity index (χ1) is 8.59. The zero-order valence-electron chi connectivity index (χ0n) is 12.4. The molecule has 0 aromatic rings. The van der Waals surface area contributed by atoms with Crippen molar-refractivity contribution in [2.75, 3.05) is 13.7 Å². The minimum absolute atomic E-state index is 0.285. The summed E-state index contributed by atoms with van der Waals surface area (Å²) in [5.74, 6) is -2.77. The summed E-state index contributed by atoms with van der Waals surface area (Å²) in [6, 6.07) is 0. The molecule has 19 heavy (non-hydrogen) atoms. The number of rotatable bonds is 3. The molecule has 2 heterocycles. The van der Waals surface area contributed by atoms with Gasteiger partial charge < -0.3 is 28.8 Å². The summed E-state index contributed by atoms with van der Waals surface area (Å²) in [5.41, 5.74) is 0. The van der Waals surface area contributed by atoms with E-state index in [1.165, 1.54) is 0 Å². The normalized spacial score (nSPS) is 42.2. The van der Waals surface area contributed by atoms with E-state index in [0.717, 1.165) is 0 Å². The fourth-order valence-corrected chi connectivity index (χ4v) is 2.51. The van der Waals surface area contributed by atoms with Gasteiger partial charge in [-0.3, -0.25) is 0 Å². The Morgan fingerprint density at radius 3 is 2.42 bits per heavy atom. The summed E-state index contributed by atoms with van der Waals surface area (Å²) >= 11 is 0. The average Bonchev–Trinajstić information content (AvgIpc) is 2.60. The van der Waals surface area contributed by atoms with Crippen LogP contribution in [-0.4, -0.2) is 54.5 Å². The van der Waals surface area contributed by atoms with Crippen LogP contribution in [-0.2, 0) is 23.7 Å². The second kappa shape index (κ2) is 4.65. The lowest BCUT2D eigenvalue weighted by atomic mass is 9.98. The molecule has 4 atom stereocenters. The van der Waals surface area contributed by atoms with Gasteiger partial charge in [0.05, 0.1) is 6.61 Å². The number of hydrogen-bond donors (Lipinski definition) is 1. The van der Waals surface area contributed by atoms with Crippen LogP contribution in [0.1, 0.15) is 34.6 Å². The van der Waals surface area contributed by atoms with Gasteiger partial charge in [-0.05, 0) is 34.6 Å². The lowest BCUT2D eigenvalue weighted by Gasteiger charge is -2.45. The smallest absolute Gasteiger partial charge is 0.197 e. The number of fused-ring (bicyclic) bond motifs is 1. The number of methoxy groups -OCH3 is 1. The third kappa shape index (κ3) is 2.94.